The lowest BCUT2D eigenvalue weighted by molar-refractivity contribution is -0.115. The van der Waals surface area contributed by atoms with Crippen LogP contribution in [0.5, 0.6) is 0 Å². The van der Waals surface area contributed by atoms with E-state index in [9.17, 15) is 14.0 Å². The fourth-order valence-electron chi connectivity index (χ4n) is 3.01. The second kappa shape index (κ2) is 10.4. The number of rotatable bonds is 8. The Morgan fingerprint density at radius 2 is 1.73 bits per heavy atom. The Bertz CT molecular complexity index is 1280. The van der Waals surface area contributed by atoms with E-state index in [4.69, 9.17) is 0 Å². The molecule has 6 nitrogen and oxygen atoms in total. The first-order valence-corrected chi connectivity index (χ1v) is 11.7. The third-order valence-corrected chi connectivity index (χ3v) is 6.79. The lowest BCUT2D eigenvalue weighted by atomic mass is 10.1. The smallest absolute Gasteiger partial charge is 0.242 e. The van der Waals surface area contributed by atoms with Crippen molar-refractivity contribution in [2.75, 3.05) is 10.6 Å². The number of anilines is 3. The Morgan fingerprint density at radius 3 is 2.48 bits per heavy atom. The summed E-state index contributed by atoms with van der Waals surface area (Å²) in [7, 11) is 0. The van der Waals surface area contributed by atoms with E-state index in [1.165, 1.54) is 36.1 Å². The van der Waals surface area contributed by atoms with Crippen molar-refractivity contribution in [3.63, 3.8) is 0 Å². The Kier molecular flexibility index (Phi) is 7.11. The van der Waals surface area contributed by atoms with Gasteiger partial charge in [-0.15, -0.1) is 10.2 Å². The van der Waals surface area contributed by atoms with E-state index < -0.39 is 11.1 Å². The summed E-state index contributed by atoms with van der Waals surface area (Å²) in [4.78, 5) is 24.9. The van der Waals surface area contributed by atoms with Crippen LogP contribution in [-0.2, 0) is 4.79 Å². The quantitative estimate of drug-likeness (QED) is 0.235. The highest BCUT2D eigenvalue weighted by atomic mass is 32.2. The highest BCUT2D eigenvalue weighted by Crippen LogP contribution is 2.39. The van der Waals surface area contributed by atoms with Gasteiger partial charge in [-0.25, -0.2) is 4.39 Å². The van der Waals surface area contributed by atoms with Gasteiger partial charge in [0.2, 0.25) is 11.0 Å². The zero-order chi connectivity index (χ0) is 23.2. The van der Waals surface area contributed by atoms with Crippen LogP contribution < -0.4 is 10.6 Å². The van der Waals surface area contributed by atoms with Gasteiger partial charge in [-0.3, -0.25) is 9.59 Å². The number of carbonyl (C=O) groups is 2. The summed E-state index contributed by atoms with van der Waals surface area (Å²) in [6.45, 7) is 1.48. The number of halogens is 1. The molecule has 1 amide bonds. The van der Waals surface area contributed by atoms with Crippen molar-refractivity contribution in [1.82, 2.24) is 10.2 Å². The number of benzene rings is 3. The van der Waals surface area contributed by atoms with Crippen LogP contribution in [0.15, 0.2) is 83.2 Å². The number of Topliss-reactive ketones (excluding diaryl/α,β-unsaturated/α-hetero) is 1. The van der Waals surface area contributed by atoms with Gasteiger partial charge in [-0.2, -0.15) is 0 Å². The normalized spacial score (nSPS) is 11.6. The molecule has 1 unspecified atom stereocenters. The van der Waals surface area contributed by atoms with E-state index in [2.05, 4.69) is 20.8 Å². The number of aromatic nitrogens is 2. The molecule has 2 N–H and O–H groups in total. The Balaban J connectivity index is 1.54. The zero-order valence-corrected chi connectivity index (χ0v) is 19.1. The minimum Gasteiger partial charge on any atom is -0.328 e. The molecule has 3 aromatic carbocycles. The molecule has 4 rings (SSSR count). The Labute approximate surface area is 198 Å². The van der Waals surface area contributed by atoms with Crippen molar-refractivity contribution in [1.29, 1.82) is 0 Å². The van der Waals surface area contributed by atoms with Crippen LogP contribution in [0.4, 0.5) is 20.9 Å². The highest BCUT2D eigenvalue weighted by Gasteiger charge is 2.24. The lowest BCUT2D eigenvalue weighted by Gasteiger charge is -2.16. The van der Waals surface area contributed by atoms with Gasteiger partial charge in [0.1, 0.15) is 11.1 Å². The molecule has 1 heterocycles. The number of hydrogen-bond donors (Lipinski definition) is 2. The predicted molar refractivity (Wildman–Crippen MR) is 130 cm³/mol. The maximum Gasteiger partial charge on any atom is 0.242 e. The molecule has 0 saturated heterocycles. The van der Waals surface area contributed by atoms with Gasteiger partial charge < -0.3 is 10.6 Å². The fraction of sp³-hybridized carbons (Fsp3) is 0.0833. The predicted octanol–water partition coefficient (Wildman–Crippen LogP) is 6.10. The molecule has 0 spiro atoms. The van der Waals surface area contributed by atoms with Gasteiger partial charge in [0.15, 0.2) is 10.1 Å². The first-order valence-electron chi connectivity index (χ1n) is 9.98. The molecule has 33 heavy (non-hydrogen) atoms. The van der Waals surface area contributed by atoms with Crippen LogP contribution in [0.25, 0.3) is 0 Å². The van der Waals surface area contributed by atoms with Crippen LogP contribution in [0.3, 0.4) is 0 Å². The second-order valence-corrected chi connectivity index (χ2v) is 9.34. The van der Waals surface area contributed by atoms with Gasteiger partial charge in [0, 0.05) is 11.3 Å². The monoisotopic (exact) mass is 478 g/mol. The van der Waals surface area contributed by atoms with Crippen molar-refractivity contribution < 1.29 is 14.0 Å². The van der Waals surface area contributed by atoms with E-state index in [1.54, 1.807) is 42.5 Å². The topological polar surface area (TPSA) is 84.0 Å². The van der Waals surface area contributed by atoms with E-state index in [0.29, 0.717) is 26.4 Å². The van der Waals surface area contributed by atoms with Crippen LogP contribution in [-0.4, -0.2) is 21.9 Å². The number of hydrogen-bond acceptors (Lipinski definition) is 7. The summed E-state index contributed by atoms with van der Waals surface area (Å²) in [5.74, 6) is -0.731. The first-order chi connectivity index (χ1) is 16.0. The van der Waals surface area contributed by atoms with Crippen molar-refractivity contribution in [3.05, 3.63) is 95.8 Å². The average molecular weight is 479 g/mol. The lowest BCUT2D eigenvalue weighted by Crippen LogP contribution is -2.19. The van der Waals surface area contributed by atoms with E-state index in [-0.39, 0.29) is 11.7 Å². The molecule has 1 aromatic heterocycles. The summed E-state index contributed by atoms with van der Waals surface area (Å²) < 4.78 is 14.5. The number of carbonyl (C=O) groups excluding carboxylic acids is 2. The molecule has 9 heteroatoms. The van der Waals surface area contributed by atoms with Gasteiger partial charge in [-0.1, -0.05) is 77.7 Å². The Morgan fingerprint density at radius 1 is 0.970 bits per heavy atom. The molecule has 0 aliphatic rings. The molecular weight excluding hydrogens is 459 g/mol. The minimum absolute atomic E-state index is 0.0798. The van der Waals surface area contributed by atoms with Crippen LogP contribution >= 0.6 is 23.1 Å². The molecule has 0 bridgehead atoms. The van der Waals surface area contributed by atoms with Gasteiger partial charge in [0.25, 0.3) is 0 Å². The molecule has 4 aromatic rings. The van der Waals surface area contributed by atoms with E-state index in [0.717, 1.165) is 5.56 Å². The Hall–Kier alpha value is -3.56. The number of nitrogens with one attached hydrogen (secondary N) is 2. The number of para-hydroxylation sites is 1. The molecule has 166 valence electrons. The van der Waals surface area contributed by atoms with Gasteiger partial charge >= 0.3 is 0 Å². The SMILES string of the molecule is CC(=O)c1cccc(NC(=O)C(Sc2nnc(Nc3ccccc3F)s2)c2ccccc2)c1. The first kappa shape index (κ1) is 22.6. The van der Waals surface area contributed by atoms with Crippen molar-refractivity contribution in [2.45, 2.75) is 16.5 Å². The molecule has 0 aliphatic heterocycles. The largest absolute Gasteiger partial charge is 0.328 e. The maximum absolute atomic E-state index is 13.9. The number of nitrogens with zero attached hydrogens (tertiary/aromatic N) is 2. The zero-order valence-electron chi connectivity index (χ0n) is 17.5. The number of amides is 1. The maximum atomic E-state index is 13.9. The second-order valence-electron chi connectivity index (χ2n) is 7.01. The summed E-state index contributed by atoms with van der Waals surface area (Å²) >= 11 is 2.48. The molecule has 0 aliphatic carbocycles. The van der Waals surface area contributed by atoms with Crippen LogP contribution in [0.2, 0.25) is 0 Å². The molecule has 0 fully saturated rings. The third kappa shape index (κ3) is 5.82. The molecule has 0 radical (unpaired) electrons. The van der Waals surface area contributed by atoms with Crippen molar-refractivity contribution in [3.8, 4) is 0 Å². The molecule has 0 saturated carbocycles. The number of thioether (sulfide) groups is 1. The summed E-state index contributed by atoms with van der Waals surface area (Å²) in [6, 6.07) is 22.4. The van der Waals surface area contributed by atoms with Crippen molar-refractivity contribution in [2.24, 2.45) is 0 Å². The van der Waals surface area contributed by atoms with E-state index >= 15 is 0 Å². The van der Waals surface area contributed by atoms with Crippen LogP contribution in [0, 0.1) is 5.82 Å². The third-order valence-electron chi connectivity index (χ3n) is 4.62. The van der Waals surface area contributed by atoms with Crippen LogP contribution in [0.1, 0.15) is 28.1 Å². The molecule has 1 atom stereocenters. The average Bonchev–Trinajstić information content (AvgIpc) is 3.26. The van der Waals surface area contributed by atoms with Gasteiger partial charge in [-0.05, 0) is 36.8 Å². The van der Waals surface area contributed by atoms with E-state index in [1.807, 2.05) is 30.3 Å². The molecular formula is C24H19FN4O2S2. The summed E-state index contributed by atoms with van der Waals surface area (Å²) in [6.07, 6.45) is 0. The number of ketones is 1. The van der Waals surface area contributed by atoms with Gasteiger partial charge in [0.05, 0.1) is 5.69 Å². The highest BCUT2D eigenvalue weighted by molar-refractivity contribution is 8.02. The minimum atomic E-state index is -0.610. The van der Waals surface area contributed by atoms with Crippen molar-refractivity contribution >= 4 is 51.3 Å². The summed E-state index contributed by atoms with van der Waals surface area (Å²) in [5.41, 5.74) is 2.15. The fourth-order valence-corrected chi connectivity index (χ4v) is 4.97. The summed E-state index contributed by atoms with van der Waals surface area (Å²) in [5, 5.41) is 13.8. The standard InChI is InChI=1S/C24H19FN4O2S2/c1-15(30)17-10-7-11-18(14-17)26-22(31)21(16-8-3-2-4-9-16)32-24-29-28-23(33-24)27-20-13-6-5-12-19(20)25/h2-14,21H,1H3,(H,26,31)(H,27,28).